The quantitative estimate of drug-likeness (QED) is 0.888. The lowest BCUT2D eigenvalue weighted by molar-refractivity contribution is 0.318. The van der Waals surface area contributed by atoms with E-state index >= 15 is 0 Å². The van der Waals surface area contributed by atoms with E-state index < -0.39 is 0 Å². The highest BCUT2D eigenvalue weighted by atomic mass is 32.2. The molecule has 94 valence electrons. The third kappa shape index (κ3) is 2.80. The van der Waals surface area contributed by atoms with Crippen molar-refractivity contribution in [3.63, 3.8) is 0 Å². The van der Waals surface area contributed by atoms with Gasteiger partial charge in [0.2, 0.25) is 5.89 Å². The normalized spacial score (nSPS) is 27.2. The van der Waals surface area contributed by atoms with Crippen LogP contribution in [0.15, 0.2) is 4.52 Å². The number of piperidine rings is 1. The fourth-order valence-corrected chi connectivity index (χ4v) is 4.84. The predicted octanol–water partition coefficient (Wildman–Crippen LogP) is 2.06. The summed E-state index contributed by atoms with van der Waals surface area (Å²) in [5, 5.41) is 7.97. The lowest BCUT2D eigenvalue weighted by Gasteiger charge is -2.19. The predicted molar refractivity (Wildman–Crippen MR) is 71.7 cm³/mol. The molecule has 4 nitrogen and oxygen atoms in total. The Labute approximate surface area is 110 Å². The molecular weight excluding hydrogens is 254 g/mol. The van der Waals surface area contributed by atoms with Crippen LogP contribution in [0.1, 0.15) is 35.7 Å². The summed E-state index contributed by atoms with van der Waals surface area (Å²) in [6.07, 6.45) is 2.24. The smallest absolute Gasteiger partial charge is 0.229 e. The van der Waals surface area contributed by atoms with Gasteiger partial charge in [-0.1, -0.05) is 5.16 Å². The number of aromatic nitrogens is 2. The Hall–Kier alpha value is -0.200. The highest BCUT2D eigenvalue weighted by molar-refractivity contribution is 8.06. The average Bonchev–Trinajstić information content (AvgIpc) is 2.90. The summed E-state index contributed by atoms with van der Waals surface area (Å²) in [4.78, 5) is 4.62. The number of rotatable bonds is 2. The molecule has 1 unspecified atom stereocenters. The highest BCUT2D eigenvalue weighted by Gasteiger charge is 2.25. The maximum Gasteiger partial charge on any atom is 0.229 e. The molecule has 1 aromatic heterocycles. The van der Waals surface area contributed by atoms with Crippen molar-refractivity contribution in [2.24, 2.45) is 0 Å². The molecule has 2 fully saturated rings. The molecule has 0 amide bonds. The second kappa shape index (κ2) is 5.63. The molecule has 1 N–H and O–H groups in total. The van der Waals surface area contributed by atoms with E-state index in [1.165, 1.54) is 11.5 Å². The highest BCUT2D eigenvalue weighted by Crippen LogP contribution is 2.36. The minimum atomic E-state index is 0.438. The summed E-state index contributed by atoms with van der Waals surface area (Å²) in [5.41, 5.74) is 0. The minimum absolute atomic E-state index is 0.438. The van der Waals surface area contributed by atoms with E-state index in [9.17, 15) is 0 Å². The second-order valence-electron chi connectivity index (χ2n) is 4.45. The van der Waals surface area contributed by atoms with E-state index in [4.69, 9.17) is 4.52 Å². The van der Waals surface area contributed by atoms with Gasteiger partial charge in [-0.2, -0.15) is 16.7 Å². The molecule has 6 heteroatoms. The Morgan fingerprint density at radius 3 is 2.88 bits per heavy atom. The zero-order chi connectivity index (χ0) is 11.5. The Kier molecular flexibility index (Phi) is 3.93. The monoisotopic (exact) mass is 271 g/mol. The maximum absolute atomic E-state index is 5.45. The minimum Gasteiger partial charge on any atom is -0.339 e. The molecule has 2 aliphatic heterocycles. The van der Waals surface area contributed by atoms with Gasteiger partial charge in [0.1, 0.15) is 0 Å². The Morgan fingerprint density at radius 1 is 1.24 bits per heavy atom. The summed E-state index contributed by atoms with van der Waals surface area (Å²) >= 11 is 3.95. The van der Waals surface area contributed by atoms with Crippen molar-refractivity contribution < 1.29 is 4.52 Å². The van der Waals surface area contributed by atoms with Gasteiger partial charge in [0.15, 0.2) is 5.82 Å². The van der Waals surface area contributed by atoms with Gasteiger partial charge in [-0.15, -0.1) is 11.8 Å². The van der Waals surface area contributed by atoms with E-state index in [2.05, 4.69) is 15.5 Å². The van der Waals surface area contributed by atoms with Gasteiger partial charge >= 0.3 is 0 Å². The molecule has 3 rings (SSSR count). The van der Waals surface area contributed by atoms with E-state index in [0.717, 1.165) is 43.4 Å². The van der Waals surface area contributed by atoms with Crippen molar-refractivity contribution in [3.05, 3.63) is 11.7 Å². The zero-order valence-corrected chi connectivity index (χ0v) is 11.4. The Bertz CT molecular complexity index is 327. The van der Waals surface area contributed by atoms with Crippen LogP contribution >= 0.6 is 23.5 Å². The van der Waals surface area contributed by atoms with Gasteiger partial charge in [-0.25, -0.2) is 0 Å². The van der Waals surface area contributed by atoms with Crippen LogP contribution in [0, 0.1) is 0 Å². The van der Waals surface area contributed by atoms with Gasteiger partial charge in [0, 0.05) is 23.2 Å². The van der Waals surface area contributed by atoms with Gasteiger partial charge in [0.25, 0.3) is 0 Å². The van der Waals surface area contributed by atoms with E-state index in [0.29, 0.717) is 11.2 Å². The molecule has 2 saturated heterocycles. The number of hydrogen-bond donors (Lipinski definition) is 1. The van der Waals surface area contributed by atoms with E-state index in [1.807, 2.05) is 23.5 Å². The summed E-state index contributed by atoms with van der Waals surface area (Å²) in [5.74, 6) is 5.81. The van der Waals surface area contributed by atoms with Crippen LogP contribution in [-0.4, -0.2) is 40.5 Å². The standard InChI is InChI=1S/C11H17N3OS2/c1-3-12-4-2-8(1)11-13-10(14-15-11)9-7-16-5-6-17-9/h8-9,12H,1-7H2. The molecular formula is C11H17N3OS2. The maximum atomic E-state index is 5.45. The fraction of sp³-hybridized carbons (Fsp3) is 0.818. The summed E-state index contributed by atoms with van der Waals surface area (Å²) < 4.78 is 5.45. The molecule has 0 aromatic carbocycles. The molecule has 1 aromatic rings. The van der Waals surface area contributed by atoms with Crippen molar-refractivity contribution in [3.8, 4) is 0 Å². The SMILES string of the molecule is C1CC(c2nc(C3CSCCS3)no2)CCN1. The van der Waals surface area contributed by atoms with Crippen LogP contribution < -0.4 is 5.32 Å². The third-order valence-electron chi connectivity index (χ3n) is 3.25. The van der Waals surface area contributed by atoms with Crippen molar-refractivity contribution >= 4 is 23.5 Å². The molecule has 0 saturated carbocycles. The fourth-order valence-electron chi connectivity index (χ4n) is 2.25. The molecule has 0 bridgehead atoms. The van der Waals surface area contributed by atoms with Crippen LogP contribution in [0.3, 0.4) is 0 Å². The molecule has 0 aliphatic carbocycles. The molecule has 0 radical (unpaired) electrons. The summed E-state index contributed by atoms with van der Waals surface area (Å²) in [6.45, 7) is 2.13. The Balaban J connectivity index is 1.68. The number of nitrogens with zero attached hydrogens (tertiary/aromatic N) is 2. The third-order valence-corrected chi connectivity index (χ3v) is 6.00. The number of nitrogens with one attached hydrogen (secondary N) is 1. The van der Waals surface area contributed by atoms with Crippen LogP contribution in [0.4, 0.5) is 0 Å². The Morgan fingerprint density at radius 2 is 2.12 bits per heavy atom. The van der Waals surface area contributed by atoms with Crippen LogP contribution in [0.5, 0.6) is 0 Å². The van der Waals surface area contributed by atoms with Gasteiger partial charge in [-0.3, -0.25) is 0 Å². The van der Waals surface area contributed by atoms with Crippen molar-refractivity contribution in [2.45, 2.75) is 24.0 Å². The first-order valence-electron chi connectivity index (χ1n) is 6.17. The zero-order valence-electron chi connectivity index (χ0n) is 9.72. The van der Waals surface area contributed by atoms with Crippen molar-refractivity contribution in [2.75, 3.05) is 30.3 Å². The van der Waals surface area contributed by atoms with Crippen LogP contribution in [-0.2, 0) is 0 Å². The topological polar surface area (TPSA) is 51.0 Å². The van der Waals surface area contributed by atoms with Crippen LogP contribution in [0.2, 0.25) is 0 Å². The first-order chi connectivity index (χ1) is 8.43. The van der Waals surface area contributed by atoms with Crippen molar-refractivity contribution in [1.82, 2.24) is 15.5 Å². The largest absolute Gasteiger partial charge is 0.339 e. The van der Waals surface area contributed by atoms with E-state index in [1.54, 1.807) is 0 Å². The van der Waals surface area contributed by atoms with Gasteiger partial charge in [-0.05, 0) is 25.9 Å². The first kappa shape index (κ1) is 11.9. The van der Waals surface area contributed by atoms with Crippen molar-refractivity contribution in [1.29, 1.82) is 0 Å². The first-order valence-corrected chi connectivity index (χ1v) is 8.37. The molecule has 2 aliphatic rings. The van der Waals surface area contributed by atoms with Gasteiger partial charge in [0.05, 0.1) is 5.25 Å². The number of thioether (sulfide) groups is 2. The van der Waals surface area contributed by atoms with E-state index in [-0.39, 0.29) is 0 Å². The second-order valence-corrected chi connectivity index (χ2v) is 6.91. The summed E-state index contributed by atoms with van der Waals surface area (Å²) in [7, 11) is 0. The molecule has 1 atom stereocenters. The number of hydrogen-bond acceptors (Lipinski definition) is 6. The van der Waals surface area contributed by atoms with Gasteiger partial charge < -0.3 is 9.84 Å². The van der Waals surface area contributed by atoms with Crippen LogP contribution in [0.25, 0.3) is 0 Å². The lowest BCUT2D eigenvalue weighted by atomic mass is 9.98. The average molecular weight is 271 g/mol. The molecule has 0 spiro atoms. The molecule has 3 heterocycles. The lowest BCUT2D eigenvalue weighted by Crippen LogP contribution is -2.26. The molecule has 17 heavy (non-hydrogen) atoms. The summed E-state index contributed by atoms with van der Waals surface area (Å²) in [6, 6.07) is 0.